The molecular formula is C15H22N2O. The van der Waals surface area contributed by atoms with E-state index in [1.54, 1.807) is 0 Å². The van der Waals surface area contributed by atoms with E-state index in [9.17, 15) is 4.79 Å². The van der Waals surface area contributed by atoms with Crippen LogP contribution in [0.4, 0.5) is 5.69 Å². The zero-order valence-electron chi connectivity index (χ0n) is 11.5. The molecule has 1 aromatic carbocycles. The van der Waals surface area contributed by atoms with Gasteiger partial charge in [-0.3, -0.25) is 4.79 Å². The molecule has 1 aromatic rings. The highest BCUT2D eigenvalue weighted by atomic mass is 16.2. The van der Waals surface area contributed by atoms with Gasteiger partial charge in [0.1, 0.15) is 0 Å². The molecule has 1 amide bonds. The zero-order valence-corrected chi connectivity index (χ0v) is 11.5. The minimum atomic E-state index is 0.140. The van der Waals surface area contributed by atoms with E-state index in [1.165, 1.54) is 11.3 Å². The average molecular weight is 246 g/mol. The highest BCUT2D eigenvalue weighted by molar-refractivity contribution is 5.95. The Labute approximate surface area is 109 Å². The summed E-state index contributed by atoms with van der Waals surface area (Å²) in [5.41, 5.74) is 3.27. The molecule has 0 aliphatic carbocycles. The third kappa shape index (κ3) is 2.50. The summed E-state index contributed by atoms with van der Waals surface area (Å²) in [6.07, 6.45) is 2.19. The van der Waals surface area contributed by atoms with Crippen molar-refractivity contribution in [3.05, 3.63) is 29.3 Å². The number of hydrogen-bond acceptors (Lipinski definition) is 2. The van der Waals surface area contributed by atoms with Crippen molar-refractivity contribution in [3.63, 3.8) is 0 Å². The Morgan fingerprint density at radius 1 is 1.39 bits per heavy atom. The number of fused-ring (bicyclic) bond motifs is 1. The Balaban J connectivity index is 2.23. The average Bonchev–Trinajstić information content (AvgIpc) is 2.39. The standard InChI is InChI=1S/C15H22N2O/c1-4-17(5-2)15(18)13-8-9-14-12(10-13)7-6-11(3)16-14/h8-11,16H,4-7H2,1-3H3. The van der Waals surface area contributed by atoms with Crippen LogP contribution in [0.1, 0.15) is 43.1 Å². The third-order valence-electron chi connectivity index (χ3n) is 3.65. The smallest absolute Gasteiger partial charge is 0.253 e. The van der Waals surface area contributed by atoms with Crippen LogP contribution in [-0.4, -0.2) is 29.9 Å². The predicted octanol–water partition coefficient (Wildman–Crippen LogP) is 2.92. The van der Waals surface area contributed by atoms with Gasteiger partial charge in [-0.25, -0.2) is 0 Å². The molecule has 1 aliphatic rings. The maximum Gasteiger partial charge on any atom is 0.253 e. The van der Waals surface area contributed by atoms with Gasteiger partial charge in [0.25, 0.3) is 5.91 Å². The number of anilines is 1. The van der Waals surface area contributed by atoms with E-state index in [-0.39, 0.29) is 5.91 Å². The lowest BCUT2D eigenvalue weighted by atomic mass is 9.97. The van der Waals surface area contributed by atoms with Gasteiger partial charge >= 0.3 is 0 Å². The van der Waals surface area contributed by atoms with Crippen LogP contribution in [0.2, 0.25) is 0 Å². The highest BCUT2D eigenvalue weighted by Gasteiger charge is 2.18. The number of amides is 1. The maximum atomic E-state index is 12.3. The summed E-state index contributed by atoms with van der Waals surface area (Å²) in [6, 6.07) is 6.56. The van der Waals surface area contributed by atoms with Gasteiger partial charge in [0.15, 0.2) is 0 Å². The van der Waals surface area contributed by atoms with Gasteiger partial charge < -0.3 is 10.2 Å². The molecule has 1 atom stereocenters. The first-order valence-corrected chi connectivity index (χ1v) is 6.84. The summed E-state index contributed by atoms with van der Waals surface area (Å²) in [7, 11) is 0. The summed E-state index contributed by atoms with van der Waals surface area (Å²) in [5.74, 6) is 0.140. The van der Waals surface area contributed by atoms with Gasteiger partial charge in [0.05, 0.1) is 0 Å². The van der Waals surface area contributed by atoms with E-state index >= 15 is 0 Å². The van der Waals surface area contributed by atoms with E-state index in [0.29, 0.717) is 6.04 Å². The number of aryl methyl sites for hydroxylation is 1. The molecule has 2 rings (SSSR count). The van der Waals surface area contributed by atoms with Crippen LogP contribution in [0, 0.1) is 0 Å². The molecule has 0 radical (unpaired) electrons. The van der Waals surface area contributed by atoms with Crippen molar-refractivity contribution in [1.29, 1.82) is 0 Å². The number of carbonyl (C=O) groups excluding carboxylic acids is 1. The number of carbonyl (C=O) groups is 1. The van der Waals surface area contributed by atoms with Crippen LogP contribution in [0.15, 0.2) is 18.2 Å². The summed E-state index contributed by atoms with van der Waals surface area (Å²) in [4.78, 5) is 14.1. The Bertz CT molecular complexity index is 438. The second-order valence-electron chi connectivity index (χ2n) is 4.93. The lowest BCUT2D eigenvalue weighted by Crippen LogP contribution is -2.30. The molecular weight excluding hydrogens is 224 g/mol. The first-order valence-electron chi connectivity index (χ1n) is 6.84. The van der Waals surface area contributed by atoms with Gasteiger partial charge in [0, 0.05) is 30.4 Å². The molecule has 3 nitrogen and oxygen atoms in total. The van der Waals surface area contributed by atoms with E-state index in [1.807, 2.05) is 30.9 Å². The normalized spacial score (nSPS) is 17.8. The molecule has 0 spiro atoms. The highest BCUT2D eigenvalue weighted by Crippen LogP contribution is 2.26. The fourth-order valence-corrected chi connectivity index (χ4v) is 2.48. The van der Waals surface area contributed by atoms with Crippen LogP contribution in [-0.2, 0) is 6.42 Å². The molecule has 1 N–H and O–H groups in total. The number of nitrogens with zero attached hydrogens (tertiary/aromatic N) is 1. The Morgan fingerprint density at radius 3 is 2.78 bits per heavy atom. The van der Waals surface area contributed by atoms with Crippen LogP contribution in [0.3, 0.4) is 0 Å². The number of nitrogens with one attached hydrogen (secondary N) is 1. The van der Waals surface area contributed by atoms with Crippen molar-refractivity contribution in [3.8, 4) is 0 Å². The lowest BCUT2D eigenvalue weighted by Gasteiger charge is -2.25. The number of benzene rings is 1. The summed E-state index contributed by atoms with van der Waals surface area (Å²) < 4.78 is 0. The fourth-order valence-electron chi connectivity index (χ4n) is 2.48. The first kappa shape index (κ1) is 12.9. The molecule has 0 fully saturated rings. The number of hydrogen-bond donors (Lipinski definition) is 1. The SMILES string of the molecule is CCN(CC)C(=O)c1ccc2c(c1)CCC(C)N2. The quantitative estimate of drug-likeness (QED) is 0.889. The second-order valence-corrected chi connectivity index (χ2v) is 4.93. The van der Waals surface area contributed by atoms with Crippen molar-refractivity contribution in [2.75, 3.05) is 18.4 Å². The van der Waals surface area contributed by atoms with Gasteiger partial charge in [-0.1, -0.05) is 0 Å². The maximum absolute atomic E-state index is 12.3. The van der Waals surface area contributed by atoms with Gasteiger partial charge in [-0.2, -0.15) is 0 Å². The van der Waals surface area contributed by atoms with E-state index < -0.39 is 0 Å². The molecule has 0 saturated carbocycles. The van der Waals surface area contributed by atoms with E-state index in [0.717, 1.165) is 31.5 Å². The lowest BCUT2D eigenvalue weighted by molar-refractivity contribution is 0.0773. The van der Waals surface area contributed by atoms with Gasteiger partial charge in [-0.05, 0) is 57.4 Å². The zero-order chi connectivity index (χ0) is 13.1. The second kappa shape index (κ2) is 5.42. The molecule has 0 bridgehead atoms. The molecule has 1 unspecified atom stereocenters. The molecule has 98 valence electrons. The van der Waals surface area contributed by atoms with Crippen molar-refractivity contribution in [1.82, 2.24) is 4.90 Å². The topological polar surface area (TPSA) is 32.3 Å². The van der Waals surface area contributed by atoms with E-state index in [2.05, 4.69) is 18.3 Å². The molecule has 0 aromatic heterocycles. The Kier molecular flexibility index (Phi) is 3.90. The van der Waals surface area contributed by atoms with Crippen LogP contribution in [0.25, 0.3) is 0 Å². The van der Waals surface area contributed by atoms with Crippen molar-refractivity contribution >= 4 is 11.6 Å². The van der Waals surface area contributed by atoms with Gasteiger partial charge in [-0.15, -0.1) is 0 Å². The predicted molar refractivity (Wildman–Crippen MR) is 75.1 cm³/mol. The van der Waals surface area contributed by atoms with E-state index in [4.69, 9.17) is 0 Å². The molecule has 1 aliphatic heterocycles. The van der Waals surface area contributed by atoms with Crippen molar-refractivity contribution in [2.45, 2.75) is 39.7 Å². The van der Waals surface area contributed by atoms with Crippen LogP contribution in [0.5, 0.6) is 0 Å². The third-order valence-corrected chi connectivity index (χ3v) is 3.65. The van der Waals surface area contributed by atoms with Crippen LogP contribution < -0.4 is 5.32 Å². The van der Waals surface area contributed by atoms with Crippen molar-refractivity contribution < 1.29 is 4.79 Å². The molecule has 1 heterocycles. The molecule has 18 heavy (non-hydrogen) atoms. The van der Waals surface area contributed by atoms with Crippen LogP contribution >= 0.6 is 0 Å². The minimum absolute atomic E-state index is 0.140. The molecule has 0 saturated heterocycles. The Morgan fingerprint density at radius 2 is 2.11 bits per heavy atom. The monoisotopic (exact) mass is 246 g/mol. The van der Waals surface area contributed by atoms with Crippen molar-refractivity contribution in [2.24, 2.45) is 0 Å². The Hall–Kier alpha value is -1.51. The van der Waals surface area contributed by atoms with Gasteiger partial charge in [0.2, 0.25) is 0 Å². The summed E-state index contributed by atoms with van der Waals surface area (Å²) in [6.45, 7) is 7.76. The molecule has 3 heteroatoms. The summed E-state index contributed by atoms with van der Waals surface area (Å²) in [5, 5.41) is 3.46. The fraction of sp³-hybridized carbons (Fsp3) is 0.533. The number of rotatable bonds is 3. The summed E-state index contributed by atoms with van der Waals surface area (Å²) >= 11 is 0. The minimum Gasteiger partial charge on any atom is -0.382 e. The first-order chi connectivity index (χ1) is 8.65. The largest absolute Gasteiger partial charge is 0.382 e.